The Hall–Kier alpha value is -3.76. The molecular weight excluding hydrogens is 540 g/mol. The molecule has 1 unspecified atom stereocenters. The highest BCUT2D eigenvalue weighted by molar-refractivity contribution is 6.31. The van der Waals surface area contributed by atoms with E-state index in [1.165, 1.54) is 24.3 Å². The van der Waals surface area contributed by atoms with Crippen LogP contribution < -0.4 is 10.6 Å². The van der Waals surface area contributed by atoms with Crippen LogP contribution in [0.4, 0.5) is 27.6 Å². The number of fused-ring (bicyclic) bond motifs is 3. The summed E-state index contributed by atoms with van der Waals surface area (Å²) in [6.45, 7) is 0. The molecule has 2 amide bonds. The Bertz CT molecular complexity index is 1620. The van der Waals surface area contributed by atoms with Gasteiger partial charge in [0.2, 0.25) is 0 Å². The molecule has 1 aliphatic heterocycles. The number of hydrogen-bond donors (Lipinski definition) is 2. The molecular formula is C25H12Cl2F5N3O2. The van der Waals surface area contributed by atoms with Crippen LogP contribution in [0.2, 0.25) is 10.2 Å². The fraction of sp³-hybridized carbons (Fsp3) is 0.0800. The van der Waals surface area contributed by atoms with E-state index in [-0.39, 0.29) is 44.1 Å². The third kappa shape index (κ3) is 4.58. The van der Waals surface area contributed by atoms with Crippen LogP contribution in [0, 0.1) is 11.6 Å². The van der Waals surface area contributed by atoms with Crippen molar-refractivity contribution >= 4 is 51.6 Å². The maximum atomic E-state index is 14.1. The quantitative estimate of drug-likeness (QED) is 0.214. The second kappa shape index (κ2) is 8.97. The number of pyridine rings is 1. The number of rotatable bonds is 3. The van der Waals surface area contributed by atoms with Gasteiger partial charge in [0.1, 0.15) is 16.8 Å². The molecule has 2 N–H and O–H groups in total. The molecule has 5 rings (SSSR count). The standard InChI is InChI=1S/C25H12Cl2F5N3O2/c26-16-3-1-12(28)8-15(16)22-21-18(9-17-14(2-4-19(27)33-17)20(21)24(37)35-22)34-23(36)10-5-11(25(30,31)32)7-13(29)6-10/h1-9,22H,(H,34,36)(H,35,37). The van der Waals surface area contributed by atoms with Crippen molar-refractivity contribution in [3.63, 3.8) is 0 Å². The van der Waals surface area contributed by atoms with E-state index in [4.69, 9.17) is 23.2 Å². The van der Waals surface area contributed by atoms with Crippen LogP contribution in [0.5, 0.6) is 0 Å². The number of nitrogens with zero attached hydrogens (tertiary/aromatic N) is 1. The Kier molecular flexibility index (Phi) is 6.04. The molecule has 188 valence electrons. The van der Waals surface area contributed by atoms with Crippen LogP contribution in [0.1, 0.15) is 43.4 Å². The first-order valence-corrected chi connectivity index (χ1v) is 11.3. The fourth-order valence-corrected chi connectivity index (χ4v) is 4.62. The molecule has 4 aromatic rings. The van der Waals surface area contributed by atoms with Gasteiger partial charge in [-0.1, -0.05) is 23.2 Å². The lowest BCUT2D eigenvalue weighted by Crippen LogP contribution is -2.21. The van der Waals surface area contributed by atoms with E-state index < -0.39 is 46.8 Å². The minimum Gasteiger partial charge on any atom is -0.341 e. The summed E-state index contributed by atoms with van der Waals surface area (Å²) in [6, 6.07) is 8.26. The summed E-state index contributed by atoms with van der Waals surface area (Å²) in [7, 11) is 0. The Morgan fingerprint density at radius 2 is 1.73 bits per heavy atom. The van der Waals surface area contributed by atoms with Gasteiger partial charge < -0.3 is 10.6 Å². The third-order valence-electron chi connectivity index (χ3n) is 5.80. The zero-order valence-corrected chi connectivity index (χ0v) is 19.7. The predicted octanol–water partition coefficient (Wildman–Crippen LogP) is 6.92. The summed E-state index contributed by atoms with van der Waals surface area (Å²) >= 11 is 12.3. The number of anilines is 1. The molecule has 0 saturated heterocycles. The number of benzene rings is 3. The van der Waals surface area contributed by atoms with Gasteiger partial charge in [-0.05, 0) is 54.6 Å². The van der Waals surface area contributed by atoms with Gasteiger partial charge in [0, 0.05) is 32.8 Å². The first-order chi connectivity index (χ1) is 17.4. The molecule has 1 aliphatic rings. The zero-order chi connectivity index (χ0) is 26.6. The van der Waals surface area contributed by atoms with E-state index in [2.05, 4.69) is 15.6 Å². The first-order valence-electron chi connectivity index (χ1n) is 10.5. The normalized spacial score (nSPS) is 15.0. The number of aromatic nitrogens is 1. The van der Waals surface area contributed by atoms with Crippen molar-refractivity contribution in [3.05, 3.63) is 104 Å². The molecule has 0 saturated carbocycles. The Morgan fingerprint density at radius 3 is 2.46 bits per heavy atom. The van der Waals surface area contributed by atoms with Gasteiger partial charge >= 0.3 is 6.18 Å². The van der Waals surface area contributed by atoms with E-state index in [9.17, 15) is 31.5 Å². The molecule has 1 aromatic heterocycles. The smallest absolute Gasteiger partial charge is 0.341 e. The number of carbonyl (C=O) groups excluding carboxylic acids is 2. The van der Waals surface area contributed by atoms with Gasteiger partial charge in [0.05, 0.1) is 22.7 Å². The summed E-state index contributed by atoms with van der Waals surface area (Å²) in [5.41, 5.74) is -1.38. The summed E-state index contributed by atoms with van der Waals surface area (Å²) in [5, 5.41) is 5.69. The average Bonchev–Trinajstić information content (AvgIpc) is 3.17. The summed E-state index contributed by atoms with van der Waals surface area (Å²) in [6.07, 6.45) is -4.89. The lowest BCUT2D eigenvalue weighted by atomic mass is 9.93. The minimum atomic E-state index is -4.89. The Morgan fingerprint density at radius 1 is 0.973 bits per heavy atom. The van der Waals surface area contributed by atoms with Crippen molar-refractivity contribution in [2.75, 3.05) is 5.32 Å². The summed E-state index contributed by atoms with van der Waals surface area (Å²) in [5.74, 6) is -3.58. The van der Waals surface area contributed by atoms with Crippen LogP contribution in [0.25, 0.3) is 10.9 Å². The Balaban J connectivity index is 1.69. The second-order valence-electron chi connectivity index (χ2n) is 8.17. The summed E-state index contributed by atoms with van der Waals surface area (Å²) < 4.78 is 67.5. The largest absolute Gasteiger partial charge is 0.416 e. The molecule has 0 bridgehead atoms. The van der Waals surface area contributed by atoms with Gasteiger partial charge in [-0.3, -0.25) is 9.59 Å². The number of hydrogen-bond acceptors (Lipinski definition) is 3. The average molecular weight is 552 g/mol. The van der Waals surface area contributed by atoms with E-state index >= 15 is 0 Å². The van der Waals surface area contributed by atoms with Gasteiger partial charge in [-0.25, -0.2) is 13.8 Å². The molecule has 0 fully saturated rings. The molecule has 0 aliphatic carbocycles. The van der Waals surface area contributed by atoms with Crippen molar-refractivity contribution in [3.8, 4) is 0 Å². The number of amides is 2. The number of carbonyl (C=O) groups is 2. The lowest BCUT2D eigenvalue weighted by molar-refractivity contribution is -0.137. The highest BCUT2D eigenvalue weighted by atomic mass is 35.5. The van der Waals surface area contributed by atoms with Gasteiger partial charge in [-0.2, -0.15) is 13.2 Å². The van der Waals surface area contributed by atoms with Crippen LogP contribution in [0.15, 0.2) is 54.6 Å². The molecule has 5 nitrogen and oxygen atoms in total. The number of alkyl halides is 3. The second-order valence-corrected chi connectivity index (χ2v) is 8.96. The van der Waals surface area contributed by atoms with E-state index in [1.807, 2.05) is 0 Å². The van der Waals surface area contributed by atoms with Crippen LogP contribution in [-0.2, 0) is 6.18 Å². The van der Waals surface area contributed by atoms with E-state index in [0.717, 1.165) is 12.1 Å². The monoisotopic (exact) mass is 551 g/mol. The van der Waals surface area contributed by atoms with Gasteiger partial charge in [0.25, 0.3) is 11.8 Å². The van der Waals surface area contributed by atoms with Crippen LogP contribution >= 0.6 is 23.2 Å². The molecule has 2 heterocycles. The van der Waals surface area contributed by atoms with Crippen molar-refractivity contribution in [1.82, 2.24) is 10.3 Å². The molecule has 0 spiro atoms. The van der Waals surface area contributed by atoms with Crippen LogP contribution in [-0.4, -0.2) is 16.8 Å². The van der Waals surface area contributed by atoms with Crippen molar-refractivity contribution < 1.29 is 31.5 Å². The maximum Gasteiger partial charge on any atom is 0.416 e. The first kappa shape index (κ1) is 24.9. The highest BCUT2D eigenvalue weighted by Crippen LogP contribution is 2.43. The summed E-state index contributed by atoms with van der Waals surface area (Å²) in [4.78, 5) is 30.2. The molecule has 37 heavy (non-hydrogen) atoms. The topological polar surface area (TPSA) is 71.1 Å². The minimum absolute atomic E-state index is 0.0382. The molecule has 12 heteroatoms. The van der Waals surface area contributed by atoms with E-state index in [0.29, 0.717) is 17.5 Å². The Labute approximate surface area is 215 Å². The van der Waals surface area contributed by atoms with Gasteiger partial charge in [0.15, 0.2) is 0 Å². The molecule has 3 aromatic carbocycles. The predicted molar refractivity (Wildman–Crippen MR) is 127 cm³/mol. The molecule has 1 atom stereocenters. The van der Waals surface area contributed by atoms with E-state index in [1.54, 1.807) is 0 Å². The van der Waals surface area contributed by atoms with Crippen molar-refractivity contribution in [1.29, 1.82) is 0 Å². The van der Waals surface area contributed by atoms with Gasteiger partial charge in [-0.15, -0.1) is 0 Å². The van der Waals surface area contributed by atoms with Crippen LogP contribution in [0.3, 0.4) is 0 Å². The van der Waals surface area contributed by atoms with Crippen molar-refractivity contribution in [2.45, 2.75) is 12.2 Å². The fourth-order valence-electron chi connectivity index (χ4n) is 4.24. The third-order valence-corrected chi connectivity index (χ3v) is 6.35. The zero-order valence-electron chi connectivity index (χ0n) is 18.2. The number of halogens is 7. The lowest BCUT2D eigenvalue weighted by Gasteiger charge is -2.19. The maximum absolute atomic E-state index is 14.1. The highest BCUT2D eigenvalue weighted by Gasteiger charge is 2.37. The SMILES string of the molecule is O=C(Nc1cc2nc(Cl)ccc2c2c1C(c1cc(F)ccc1Cl)NC2=O)c1cc(F)cc(C(F)(F)F)c1. The van der Waals surface area contributed by atoms with Crippen molar-refractivity contribution in [2.24, 2.45) is 0 Å². The number of nitrogens with one attached hydrogen (secondary N) is 2. The molecule has 0 radical (unpaired) electrons.